The number of ether oxygens (including phenoxy) is 2. The van der Waals surface area contributed by atoms with Gasteiger partial charge in [-0.15, -0.1) is 24.0 Å². The summed E-state index contributed by atoms with van der Waals surface area (Å²) in [5, 5.41) is 6.90. The molecule has 0 aliphatic carbocycles. The summed E-state index contributed by atoms with van der Waals surface area (Å²) < 4.78 is 11.2. The minimum Gasteiger partial charge on any atom is -0.444 e. The molecule has 1 aliphatic rings. The summed E-state index contributed by atoms with van der Waals surface area (Å²) in [6.07, 6.45) is 3.10. The van der Waals surface area contributed by atoms with Crippen molar-refractivity contribution < 1.29 is 14.3 Å². The molecule has 0 saturated carbocycles. The molecule has 1 amide bonds. The molecule has 190 valence electrons. The van der Waals surface area contributed by atoms with E-state index in [0.29, 0.717) is 31.8 Å². The van der Waals surface area contributed by atoms with Gasteiger partial charge in [0.1, 0.15) is 5.60 Å². The predicted octanol–water partition coefficient (Wildman–Crippen LogP) is 3.70. The number of piperidine rings is 1. The highest BCUT2D eigenvalue weighted by atomic mass is 127. The van der Waals surface area contributed by atoms with E-state index >= 15 is 0 Å². The number of nitrogens with one attached hydrogen (secondary N) is 2. The number of likely N-dealkylation sites (tertiary alicyclic amines) is 1. The van der Waals surface area contributed by atoms with E-state index in [-0.39, 0.29) is 30.1 Å². The van der Waals surface area contributed by atoms with Crippen LogP contribution in [0.5, 0.6) is 0 Å². The van der Waals surface area contributed by atoms with Gasteiger partial charge in [-0.3, -0.25) is 4.99 Å². The van der Waals surface area contributed by atoms with E-state index in [0.717, 1.165) is 58.0 Å². The van der Waals surface area contributed by atoms with Gasteiger partial charge in [-0.1, -0.05) is 6.92 Å². The molecule has 0 aromatic carbocycles. The van der Waals surface area contributed by atoms with Crippen molar-refractivity contribution >= 4 is 36.0 Å². The lowest BCUT2D eigenvalue weighted by Gasteiger charge is -2.33. The third kappa shape index (κ3) is 14.4. The highest BCUT2D eigenvalue weighted by molar-refractivity contribution is 14.0. The fourth-order valence-electron chi connectivity index (χ4n) is 3.41. The molecule has 0 unspecified atom stereocenters. The van der Waals surface area contributed by atoms with Crippen molar-refractivity contribution in [3.05, 3.63) is 0 Å². The lowest BCUT2D eigenvalue weighted by molar-refractivity contribution is 0.0256. The van der Waals surface area contributed by atoms with Gasteiger partial charge in [0.25, 0.3) is 0 Å². The fourth-order valence-corrected chi connectivity index (χ4v) is 3.41. The van der Waals surface area contributed by atoms with E-state index in [4.69, 9.17) is 14.5 Å². The van der Waals surface area contributed by atoms with Crippen LogP contribution in [0.1, 0.15) is 67.7 Å². The first-order valence-corrected chi connectivity index (χ1v) is 12.0. The number of aliphatic imine (C=N–C) groups is 1. The molecule has 1 heterocycles. The van der Waals surface area contributed by atoms with Crippen molar-refractivity contribution in [2.24, 2.45) is 4.99 Å². The van der Waals surface area contributed by atoms with Crippen molar-refractivity contribution in [2.75, 3.05) is 52.4 Å². The number of halogens is 1. The Morgan fingerprint density at radius 2 is 1.84 bits per heavy atom. The Hall–Kier alpha value is -0.810. The fraction of sp³-hybridized carbons (Fsp3) is 0.913. The number of rotatable bonds is 11. The minimum absolute atomic E-state index is 0. The molecule has 1 rings (SSSR count). The van der Waals surface area contributed by atoms with E-state index in [1.54, 1.807) is 4.90 Å². The molecular weight excluding hydrogens is 521 g/mol. The van der Waals surface area contributed by atoms with Gasteiger partial charge in [-0.25, -0.2) is 4.79 Å². The van der Waals surface area contributed by atoms with Gasteiger partial charge < -0.3 is 29.9 Å². The predicted molar refractivity (Wildman–Crippen MR) is 143 cm³/mol. The standard InChI is InChI=1S/C23H47N5O3.HI/c1-8-13-28(22(29)31-23(5,6)7)16-12-25-21(24-9-2)26-20-10-14-27(15-11-20)17-18-30-19(3)4;/h19-20H,8-18H2,1-7H3,(H2,24,25,26);1H. The number of nitrogens with zero attached hydrogens (tertiary/aromatic N) is 3. The van der Waals surface area contributed by atoms with Gasteiger partial charge in [0.05, 0.1) is 19.3 Å². The lowest BCUT2D eigenvalue weighted by Crippen LogP contribution is -2.49. The van der Waals surface area contributed by atoms with Crippen molar-refractivity contribution in [2.45, 2.75) is 85.5 Å². The van der Waals surface area contributed by atoms with Gasteiger partial charge in [-0.2, -0.15) is 0 Å². The second kappa shape index (κ2) is 16.7. The quantitative estimate of drug-likeness (QED) is 0.225. The molecule has 0 atom stereocenters. The summed E-state index contributed by atoms with van der Waals surface area (Å²) in [6, 6.07) is 0.415. The molecule has 0 aromatic heterocycles. The van der Waals surface area contributed by atoms with Crippen LogP contribution in [-0.2, 0) is 9.47 Å². The summed E-state index contributed by atoms with van der Waals surface area (Å²) in [4.78, 5) is 21.3. The number of carbonyl (C=O) groups excluding carboxylic acids is 1. The van der Waals surface area contributed by atoms with Gasteiger partial charge in [0.15, 0.2) is 5.96 Å². The molecule has 8 nitrogen and oxygen atoms in total. The van der Waals surface area contributed by atoms with E-state index in [2.05, 4.69) is 43.2 Å². The van der Waals surface area contributed by atoms with Crippen LogP contribution in [0.4, 0.5) is 4.79 Å². The number of guanidine groups is 1. The van der Waals surface area contributed by atoms with Crippen LogP contribution in [0.2, 0.25) is 0 Å². The Kier molecular flexibility index (Phi) is 16.3. The average molecular weight is 570 g/mol. The second-order valence-corrected chi connectivity index (χ2v) is 9.41. The maximum absolute atomic E-state index is 12.4. The summed E-state index contributed by atoms with van der Waals surface area (Å²) in [6.45, 7) is 20.5. The van der Waals surface area contributed by atoms with E-state index in [9.17, 15) is 4.79 Å². The van der Waals surface area contributed by atoms with Gasteiger partial charge in [0, 0.05) is 45.3 Å². The van der Waals surface area contributed by atoms with Gasteiger partial charge in [0.2, 0.25) is 0 Å². The molecular formula is C23H48IN5O3. The first-order valence-electron chi connectivity index (χ1n) is 12.0. The Bertz CT molecular complexity index is 532. The molecule has 1 aliphatic heterocycles. The Morgan fingerprint density at radius 3 is 2.38 bits per heavy atom. The van der Waals surface area contributed by atoms with Crippen molar-refractivity contribution in [3.8, 4) is 0 Å². The molecule has 32 heavy (non-hydrogen) atoms. The van der Waals surface area contributed by atoms with Gasteiger partial charge >= 0.3 is 6.09 Å². The summed E-state index contributed by atoms with van der Waals surface area (Å²) >= 11 is 0. The van der Waals surface area contributed by atoms with E-state index < -0.39 is 5.60 Å². The highest BCUT2D eigenvalue weighted by Gasteiger charge is 2.22. The largest absolute Gasteiger partial charge is 0.444 e. The smallest absolute Gasteiger partial charge is 0.410 e. The first kappa shape index (κ1) is 31.2. The van der Waals surface area contributed by atoms with Crippen LogP contribution in [-0.4, -0.2) is 92.0 Å². The molecule has 0 spiro atoms. The van der Waals surface area contributed by atoms with Crippen LogP contribution >= 0.6 is 24.0 Å². The molecule has 1 saturated heterocycles. The maximum Gasteiger partial charge on any atom is 0.410 e. The van der Waals surface area contributed by atoms with Crippen LogP contribution < -0.4 is 10.6 Å². The summed E-state index contributed by atoms with van der Waals surface area (Å²) in [5.74, 6) is 0.824. The summed E-state index contributed by atoms with van der Waals surface area (Å²) in [7, 11) is 0. The Labute approximate surface area is 213 Å². The number of carbonyl (C=O) groups is 1. The van der Waals surface area contributed by atoms with Crippen LogP contribution in [0.25, 0.3) is 0 Å². The van der Waals surface area contributed by atoms with Crippen molar-refractivity contribution in [3.63, 3.8) is 0 Å². The SMILES string of the molecule is CCCN(CCN=C(NCC)NC1CCN(CCOC(C)C)CC1)C(=O)OC(C)(C)C.I. The summed E-state index contributed by atoms with van der Waals surface area (Å²) in [5.41, 5.74) is -0.487. The number of amides is 1. The van der Waals surface area contributed by atoms with Crippen LogP contribution in [0.3, 0.4) is 0 Å². The van der Waals surface area contributed by atoms with Crippen LogP contribution in [0.15, 0.2) is 4.99 Å². The topological polar surface area (TPSA) is 78.4 Å². The lowest BCUT2D eigenvalue weighted by atomic mass is 10.1. The zero-order valence-electron chi connectivity index (χ0n) is 21.4. The van der Waals surface area contributed by atoms with Crippen LogP contribution in [0, 0.1) is 0 Å². The molecule has 9 heteroatoms. The molecule has 0 aromatic rings. The minimum atomic E-state index is -0.487. The second-order valence-electron chi connectivity index (χ2n) is 9.41. The molecule has 0 bridgehead atoms. The van der Waals surface area contributed by atoms with Crippen molar-refractivity contribution in [1.82, 2.24) is 20.4 Å². The zero-order chi connectivity index (χ0) is 23.3. The third-order valence-electron chi connectivity index (χ3n) is 4.92. The molecule has 2 N–H and O–H groups in total. The zero-order valence-corrected chi connectivity index (χ0v) is 23.7. The van der Waals surface area contributed by atoms with Gasteiger partial charge in [-0.05, 0) is 60.8 Å². The number of hydrogen-bond acceptors (Lipinski definition) is 5. The van der Waals surface area contributed by atoms with Crippen molar-refractivity contribution in [1.29, 1.82) is 0 Å². The Balaban J connectivity index is 0.00000961. The third-order valence-corrected chi connectivity index (χ3v) is 4.92. The monoisotopic (exact) mass is 569 g/mol. The molecule has 1 fully saturated rings. The normalized spacial score (nSPS) is 15.9. The van der Waals surface area contributed by atoms with E-state index in [1.807, 2.05) is 20.8 Å². The maximum atomic E-state index is 12.4. The highest BCUT2D eigenvalue weighted by Crippen LogP contribution is 2.11. The number of hydrogen-bond donors (Lipinski definition) is 2. The molecule has 0 radical (unpaired) electrons. The van der Waals surface area contributed by atoms with E-state index in [1.165, 1.54) is 0 Å². The Morgan fingerprint density at radius 1 is 1.19 bits per heavy atom. The average Bonchev–Trinajstić information content (AvgIpc) is 2.67. The first-order chi connectivity index (χ1) is 14.6.